The van der Waals surface area contributed by atoms with E-state index in [4.69, 9.17) is 27.6 Å². The number of aryl methyl sites for hydroxylation is 1. The van der Waals surface area contributed by atoms with Crippen molar-refractivity contribution >= 4 is 35.0 Å². The zero-order valence-electron chi connectivity index (χ0n) is 16.2. The molecule has 1 aromatic carbocycles. The third-order valence-electron chi connectivity index (χ3n) is 5.04. The molecule has 2 aromatic rings. The van der Waals surface area contributed by atoms with Crippen LogP contribution in [0.25, 0.3) is 11.3 Å². The second-order valence-electron chi connectivity index (χ2n) is 7.22. The van der Waals surface area contributed by atoms with Gasteiger partial charge in [0.2, 0.25) is 11.8 Å². The smallest absolute Gasteiger partial charge is 0.223 e. The Hall–Kier alpha value is -2.05. The van der Waals surface area contributed by atoms with Crippen LogP contribution in [-0.4, -0.2) is 29.9 Å². The molecule has 1 heterocycles. The van der Waals surface area contributed by atoms with E-state index in [2.05, 4.69) is 15.6 Å². The molecule has 0 unspecified atom stereocenters. The van der Waals surface area contributed by atoms with Crippen molar-refractivity contribution in [1.29, 1.82) is 0 Å². The van der Waals surface area contributed by atoms with E-state index in [1.807, 2.05) is 0 Å². The van der Waals surface area contributed by atoms with E-state index in [1.54, 1.807) is 24.4 Å². The quantitative estimate of drug-likeness (QED) is 0.599. The van der Waals surface area contributed by atoms with Crippen molar-refractivity contribution in [2.75, 3.05) is 13.1 Å². The molecule has 0 aliphatic heterocycles. The minimum absolute atomic E-state index is 0.104. The Bertz CT molecular complexity index is 847. The lowest BCUT2D eigenvalue weighted by Crippen LogP contribution is -2.38. The van der Waals surface area contributed by atoms with E-state index >= 15 is 0 Å². The third kappa shape index (κ3) is 6.47. The fourth-order valence-corrected chi connectivity index (χ4v) is 3.95. The zero-order valence-corrected chi connectivity index (χ0v) is 17.7. The molecule has 1 fully saturated rings. The second kappa shape index (κ2) is 10.6. The lowest BCUT2D eigenvalue weighted by Gasteiger charge is -2.20. The van der Waals surface area contributed by atoms with Gasteiger partial charge in [0.05, 0.1) is 11.2 Å². The Labute approximate surface area is 180 Å². The normalized spacial score (nSPS) is 14.6. The highest BCUT2D eigenvalue weighted by atomic mass is 35.5. The van der Waals surface area contributed by atoms with E-state index in [0.29, 0.717) is 46.8 Å². The minimum Gasteiger partial charge on any atom is -0.441 e. The number of hydrogen-bond donors (Lipinski definition) is 2. The highest BCUT2D eigenvalue weighted by molar-refractivity contribution is 6.36. The van der Waals surface area contributed by atoms with Gasteiger partial charge in [-0.3, -0.25) is 9.59 Å². The largest absolute Gasteiger partial charge is 0.441 e. The molecule has 0 spiro atoms. The number of benzene rings is 1. The van der Waals surface area contributed by atoms with Crippen molar-refractivity contribution in [1.82, 2.24) is 15.6 Å². The second-order valence-corrected chi connectivity index (χ2v) is 8.06. The van der Waals surface area contributed by atoms with E-state index < -0.39 is 0 Å². The van der Waals surface area contributed by atoms with Gasteiger partial charge in [-0.1, -0.05) is 42.5 Å². The predicted octanol–water partition coefficient (Wildman–Crippen LogP) is 4.39. The maximum absolute atomic E-state index is 12.1. The fraction of sp³-hybridized carbons (Fsp3) is 0.476. The number of carbonyl (C=O) groups excluding carboxylic acids is 2. The number of amides is 2. The van der Waals surface area contributed by atoms with Crippen molar-refractivity contribution in [2.24, 2.45) is 5.92 Å². The van der Waals surface area contributed by atoms with Crippen LogP contribution in [0.15, 0.2) is 28.8 Å². The molecule has 1 aliphatic rings. The van der Waals surface area contributed by atoms with Crippen LogP contribution in [-0.2, 0) is 16.0 Å². The molecule has 1 saturated carbocycles. The lowest BCUT2D eigenvalue weighted by atomic mass is 9.89. The number of nitrogens with one attached hydrogen (secondary N) is 2. The highest BCUT2D eigenvalue weighted by Crippen LogP contribution is 2.30. The molecule has 0 atom stereocenters. The average Bonchev–Trinajstić information content (AvgIpc) is 3.19. The standard InChI is InChI=1S/C21H25Cl2N3O3/c22-15-6-7-16(17(23)12-15)18-13-26-20(29-18)9-8-19(27)24-10-11-25-21(28)14-4-2-1-3-5-14/h6-7,12-14H,1-5,8-11H2,(H,24,27)(H,25,28). The van der Waals surface area contributed by atoms with Gasteiger partial charge in [-0.15, -0.1) is 0 Å². The van der Waals surface area contributed by atoms with Crippen molar-refractivity contribution in [3.8, 4) is 11.3 Å². The van der Waals surface area contributed by atoms with Gasteiger partial charge in [0.15, 0.2) is 11.7 Å². The molecule has 2 N–H and O–H groups in total. The van der Waals surface area contributed by atoms with Crippen LogP contribution < -0.4 is 10.6 Å². The summed E-state index contributed by atoms with van der Waals surface area (Å²) in [7, 11) is 0. The van der Waals surface area contributed by atoms with Crippen molar-refractivity contribution in [2.45, 2.75) is 44.9 Å². The Morgan fingerprint density at radius 2 is 1.86 bits per heavy atom. The Morgan fingerprint density at radius 1 is 1.10 bits per heavy atom. The first-order valence-corrected chi connectivity index (χ1v) is 10.7. The van der Waals surface area contributed by atoms with Crippen LogP contribution in [0.1, 0.15) is 44.4 Å². The summed E-state index contributed by atoms with van der Waals surface area (Å²) in [6.07, 6.45) is 7.64. The van der Waals surface area contributed by atoms with E-state index in [1.165, 1.54) is 6.42 Å². The molecular formula is C21H25Cl2N3O3. The topological polar surface area (TPSA) is 84.2 Å². The van der Waals surface area contributed by atoms with Gasteiger partial charge < -0.3 is 15.1 Å². The first-order valence-electron chi connectivity index (χ1n) is 9.97. The number of aromatic nitrogens is 1. The average molecular weight is 438 g/mol. The fourth-order valence-electron chi connectivity index (χ4n) is 3.45. The summed E-state index contributed by atoms with van der Waals surface area (Å²) in [5.74, 6) is 1.13. The molecule has 1 aliphatic carbocycles. The predicted molar refractivity (Wildman–Crippen MR) is 113 cm³/mol. The van der Waals surface area contributed by atoms with Gasteiger partial charge in [-0.25, -0.2) is 4.98 Å². The molecule has 156 valence electrons. The number of carbonyl (C=O) groups is 2. The number of oxazole rings is 1. The molecule has 6 nitrogen and oxygen atoms in total. The van der Waals surface area contributed by atoms with Gasteiger partial charge >= 0.3 is 0 Å². The Balaban J connectivity index is 1.36. The SMILES string of the molecule is O=C(CCc1ncc(-c2ccc(Cl)cc2Cl)o1)NCCNC(=O)C1CCCCC1. The molecule has 0 saturated heterocycles. The zero-order chi connectivity index (χ0) is 20.6. The van der Waals surface area contributed by atoms with Crippen LogP contribution in [0.2, 0.25) is 10.0 Å². The summed E-state index contributed by atoms with van der Waals surface area (Å²) in [4.78, 5) is 28.3. The lowest BCUT2D eigenvalue weighted by molar-refractivity contribution is -0.126. The Kier molecular flexibility index (Phi) is 7.95. The first kappa shape index (κ1) is 21.7. The van der Waals surface area contributed by atoms with Crippen molar-refractivity contribution in [3.63, 3.8) is 0 Å². The third-order valence-corrected chi connectivity index (χ3v) is 5.59. The molecule has 1 aromatic heterocycles. The van der Waals surface area contributed by atoms with Crippen LogP contribution in [0.3, 0.4) is 0 Å². The highest BCUT2D eigenvalue weighted by Gasteiger charge is 2.20. The minimum atomic E-state index is -0.110. The molecule has 8 heteroatoms. The van der Waals surface area contributed by atoms with Crippen molar-refractivity contribution < 1.29 is 14.0 Å². The molecular weight excluding hydrogens is 413 g/mol. The van der Waals surface area contributed by atoms with Crippen LogP contribution in [0.5, 0.6) is 0 Å². The van der Waals surface area contributed by atoms with Crippen molar-refractivity contribution in [3.05, 3.63) is 40.3 Å². The summed E-state index contributed by atoms with van der Waals surface area (Å²) in [6, 6.07) is 5.13. The summed E-state index contributed by atoms with van der Waals surface area (Å²) in [5, 5.41) is 6.74. The molecule has 29 heavy (non-hydrogen) atoms. The summed E-state index contributed by atoms with van der Waals surface area (Å²) < 4.78 is 5.69. The maximum atomic E-state index is 12.1. The van der Waals surface area contributed by atoms with Gasteiger partial charge in [0.1, 0.15) is 0 Å². The summed E-state index contributed by atoms with van der Waals surface area (Å²) in [5.41, 5.74) is 0.702. The summed E-state index contributed by atoms with van der Waals surface area (Å²) >= 11 is 12.1. The van der Waals surface area contributed by atoms with Gasteiger partial charge in [0, 0.05) is 42.4 Å². The number of rotatable bonds is 8. The molecule has 2 amide bonds. The number of nitrogens with zero attached hydrogens (tertiary/aromatic N) is 1. The maximum Gasteiger partial charge on any atom is 0.223 e. The monoisotopic (exact) mass is 437 g/mol. The number of halogens is 2. The molecule has 0 radical (unpaired) electrons. The van der Waals surface area contributed by atoms with Crippen LogP contribution >= 0.6 is 23.2 Å². The Morgan fingerprint density at radius 3 is 2.62 bits per heavy atom. The van der Waals surface area contributed by atoms with E-state index in [-0.39, 0.29) is 24.2 Å². The van der Waals surface area contributed by atoms with E-state index in [0.717, 1.165) is 25.7 Å². The first-order chi connectivity index (χ1) is 14.0. The number of hydrogen-bond acceptors (Lipinski definition) is 4. The van der Waals surface area contributed by atoms with Gasteiger partial charge in [0.25, 0.3) is 0 Å². The van der Waals surface area contributed by atoms with Gasteiger partial charge in [-0.2, -0.15) is 0 Å². The summed E-state index contributed by atoms with van der Waals surface area (Å²) in [6.45, 7) is 0.855. The van der Waals surface area contributed by atoms with Crippen LogP contribution in [0.4, 0.5) is 0 Å². The van der Waals surface area contributed by atoms with Gasteiger partial charge in [-0.05, 0) is 31.0 Å². The van der Waals surface area contributed by atoms with E-state index in [9.17, 15) is 9.59 Å². The molecule has 3 rings (SSSR count). The molecule has 0 bridgehead atoms. The van der Waals surface area contributed by atoms with Crippen LogP contribution in [0, 0.1) is 5.92 Å².